The van der Waals surface area contributed by atoms with Crippen LogP contribution in [0, 0.1) is 5.92 Å². The Morgan fingerprint density at radius 1 is 1.40 bits per heavy atom. The molecular weight excluding hydrogens is 188 g/mol. The van der Waals surface area contributed by atoms with E-state index in [9.17, 15) is 0 Å². The molecule has 1 rings (SSSR count). The minimum Gasteiger partial charge on any atom is -0.381 e. The summed E-state index contributed by atoms with van der Waals surface area (Å²) in [6.45, 7) is 7.25. The van der Waals surface area contributed by atoms with Crippen LogP contribution in [0.5, 0.6) is 0 Å². The first-order chi connectivity index (χ1) is 7.19. The van der Waals surface area contributed by atoms with Gasteiger partial charge in [0.2, 0.25) is 0 Å². The SMILES string of the molecule is CCC(CC)N(C)CC(N)C1CCOC1. The van der Waals surface area contributed by atoms with Crippen molar-refractivity contribution in [2.75, 3.05) is 26.8 Å². The fraction of sp³-hybridized carbons (Fsp3) is 1.00. The molecular formula is C12H26N2O. The smallest absolute Gasteiger partial charge is 0.0510 e. The summed E-state index contributed by atoms with van der Waals surface area (Å²) in [5, 5.41) is 0. The lowest BCUT2D eigenvalue weighted by molar-refractivity contribution is 0.163. The lowest BCUT2D eigenvalue weighted by Crippen LogP contribution is -2.44. The normalized spacial score (nSPS) is 24.0. The van der Waals surface area contributed by atoms with Gasteiger partial charge in [-0.15, -0.1) is 0 Å². The molecule has 0 aliphatic carbocycles. The van der Waals surface area contributed by atoms with Crippen LogP contribution in [-0.4, -0.2) is 43.8 Å². The number of likely N-dealkylation sites (N-methyl/N-ethyl adjacent to an activating group) is 1. The average Bonchev–Trinajstić information content (AvgIpc) is 2.72. The highest BCUT2D eigenvalue weighted by Gasteiger charge is 2.24. The molecule has 0 aromatic heterocycles. The van der Waals surface area contributed by atoms with Crippen molar-refractivity contribution in [3.63, 3.8) is 0 Å². The third-order valence-corrected chi connectivity index (χ3v) is 3.64. The number of ether oxygens (including phenoxy) is 1. The minimum atomic E-state index is 0.276. The predicted octanol–water partition coefficient (Wildman–Crippen LogP) is 1.47. The average molecular weight is 214 g/mol. The van der Waals surface area contributed by atoms with Gasteiger partial charge in [-0.25, -0.2) is 0 Å². The third kappa shape index (κ3) is 3.74. The molecule has 90 valence electrons. The van der Waals surface area contributed by atoms with Crippen molar-refractivity contribution in [3.05, 3.63) is 0 Å². The summed E-state index contributed by atoms with van der Waals surface area (Å²) in [6.07, 6.45) is 3.56. The van der Waals surface area contributed by atoms with Crippen molar-refractivity contribution < 1.29 is 4.74 Å². The van der Waals surface area contributed by atoms with Crippen LogP contribution in [0.3, 0.4) is 0 Å². The summed E-state index contributed by atoms with van der Waals surface area (Å²) < 4.78 is 5.37. The number of nitrogens with zero attached hydrogens (tertiary/aromatic N) is 1. The van der Waals surface area contributed by atoms with Gasteiger partial charge in [-0.2, -0.15) is 0 Å². The quantitative estimate of drug-likeness (QED) is 0.727. The van der Waals surface area contributed by atoms with Gasteiger partial charge >= 0.3 is 0 Å². The van der Waals surface area contributed by atoms with E-state index in [-0.39, 0.29) is 6.04 Å². The van der Waals surface area contributed by atoms with Gasteiger partial charge < -0.3 is 15.4 Å². The monoisotopic (exact) mass is 214 g/mol. The van der Waals surface area contributed by atoms with Gasteiger partial charge in [-0.05, 0) is 26.3 Å². The van der Waals surface area contributed by atoms with Crippen molar-refractivity contribution >= 4 is 0 Å². The molecule has 0 amide bonds. The van der Waals surface area contributed by atoms with E-state index >= 15 is 0 Å². The predicted molar refractivity (Wildman–Crippen MR) is 63.9 cm³/mol. The Morgan fingerprint density at radius 2 is 2.07 bits per heavy atom. The van der Waals surface area contributed by atoms with Crippen molar-refractivity contribution in [3.8, 4) is 0 Å². The van der Waals surface area contributed by atoms with Crippen LogP contribution in [0.1, 0.15) is 33.1 Å². The lowest BCUT2D eigenvalue weighted by atomic mass is 9.98. The minimum absolute atomic E-state index is 0.276. The Labute approximate surface area is 94.0 Å². The maximum atomic E-state index is 6.21. The molecule has 15 heavy (non-hydrogen) atoms. The zero-order valence-electron chi connectivity index (χ0n) is 10.4. The summed E-state index contributed by atoms with van der Waals surface area (Å²) >= 11 is 0. The molecule has 0 saturated carbocycles. The number of hydrogen-bond donors (Lipinski definition) is 1. The molecule has 2 atom stereocenters. The largest absolute Gasteiger partial charge is 0.381 e. The van der Waals surface area contributed by atoms with Crippen LogP contribution in [-0.2, 0) is 4.74 Å². The first-order valence-electron chi connectivity index (χ1n) is 6.22. The topological polar surface area (TPSA) is 38.5 Å². The van der Waals surface area contributed by atoms with Crippen LogP contribution in [0.15, 0.2) is 0 Å². The van der Waals surface area contributed by atoms with E-state index in [1.165, 1.54) is 12.8 Å². The molecule has 1 fully saturated rings. The van der Waals surface area contributed by atoms with Gasteiger partial charge in [0.1, 0.15) is 0 Å². The zero-order chi connectivity index (χ0) is 11.3. The van der Waals surface area contributed by atoms with Crippen molar-refractivity contribution in [1.29, 1.82) is 0 Å². The van der Waals surface area contributed by atoms with Gasteiger partial charge in [0.15, 0.2) is 0 Å². The molecule has 1 heterocycles. The number of rotatable bonds is 6. The maximum absolute atomic E-state index is 6.21. The molecule has 1 aliphatic rings. The maximum Gasteiger partial charge on any atom is 0.0510 e. The van der Waals surface area contributed by atoms with E-state index in [0.29, 0.717) is 12.0 Å². The van der Waals surface area contributed by atoms with E-state index in [1.807, 2.05) is 0 Å². The summed E-state index contributed by atoms with van der Waals surface area (Å²) in [6, 6.07) is 0.955. The van der Waals surface area contributed by atoms with Crippen LogP contribution in [0.4, 0.5) is 0 Å². The second kappa shape index (κ2) is 6.46. The summed E-state index contributed by atoms with van der Waals surface area (Å²) in [5.41, 5.74) is 6.21. The van der Waals surface area contributed by atoms with E-state index in [0.717, 1.165) is 26.2 Å². The molecule has 2 N–H and O–H groups in total. The second-order valence-electron chi connectivity index (χ2n) is 4.70. The van der Waals surface area contributed by atoms with Crippen molar-refractivity contribution in [2.45, 2.75) is 45.2 Å². The van der Waals surface area contributed by atoms with E-state index in [4.69, 9.17) is 10.5 Å². The molecule has 3 heteroatoms. The lowest BCUT2D eigenvalue weighted by Gasteiger charge is -2.30. The highest BCUT2D eigenvalue weighted by Crippen LogP contribution is 2.17. The molecule has 0 aromatic carbocycles. The standard InChI is InChI=1S/C12H26N2O/c1-4-11(5-2)14(3)8-12(13)10-6-7-15-9-10/h10-12H,4-9,13H2,1-3H3. The first-order valence-corrected chi connectivity index (χ1v) is 6.22. The van der Waals surface area contributed by atoms with E-state index in [2.05, 4.69) is 25.8 Å². The summed E-state index contributed by atoms with van der Waals surface area (Å²) in [4.78, 5) is 2.41. The van der Waals surface area contributed by atoms with Gasteiger partial charge in [0, 0.05) is 31.2 Å². The van der Waals surface area contributed by atoms with Gasteiger partial charge in [-0.1, -0.05) is 13.8 Å². The highest BCUT2D eigenvalue weighted by molar-refractivity contribution is 4.80. The Morgan fingerprint density at radius 3 is 2.53 bits per heavy atom. The molecule has 0 bridgehead atoms. The number of nitrogens with two attached hydrogens (primary N) is 1. The molecule has 2 unspecified atom stereocenters. The van der Waals surface area contributed by atoms with Crippen LogP contribution >= 0.6 is 0 Å². The van der Waals surface area contributed by atoms with Gasteiger partial charge in [-0.3, -0.25) is 0 Å². The highest BCUT2D eigenvalue weighted by atomic mass is 16.5. The van der Waals surface area contributed by atoms with Crippen molar-refractivity contribution in [1.82, 2.24) is 4.90 Å². The molecule has 0 spiro atoms. The van der Waals surface area contributed by atoms with Crippen molar-refractivity contribution in [2.24, 2.45) is 11.7 Å². The molecule has 0 aromatic rings. The zero-order valence-corrected chi connectivity index (χ0v) is 10.4. The number of hydrogen-bond acceptors (Lipinski definition) is 3. The van der Waals surface area contributed by atoms with Gasteiger partial charge in [0.05, 0.1) is 6.61 Å². The van der Waals surface area contributed by atoms with Crippen LogP contribution in [0.2, 0.25) is 0 Å². The van der Waals surface area contributed by atoms with E-state index < -0.39 is 0 Å². The Bertz CT molecular complexity index is 159. The van der Waals surface area contributed by atoms with Gasteiger partial charge in [0.25, 0.3) is 0 Å². The molecule has 0 radical (unpaired) electrons. The fourth-order valence-corrected chi connectivity index (χ4v) is 2.43. The van der Waals surface area contributed by atoms with Crippen LogP contribution < -0.4 is 5.73 Å². The first kappa shape index (κ1) is 12.9. The fourth-order valence-electron chi connectivity index (χ4n) is 2.43. The summed E-state index contributed by atoms with van der Waals surface area (Å²) in [5.74, 6) is 0.571. The Hall–Kier alpha value is -0.120. The van der Waals surface area contributed by atoms with Crippen LogP contribution in [0.25, 0.3) is 0 Å². The molecule has 1 aliphatic heterocycles. The third-order valence-electron chi connectivity index (χ3n) is 3.64. The Balaban J connectivity index is 2.32. The molecule has 3 nitrogen and oxygen atoms in total. The summed E-state index contributed by atoms with van der Waals surface area (Å²) in [7, 11) is 2.19. The molecule has 1 saturated heterocycles. The van der Waals surface area contributed by atoms with E-state index in [1.54, 1.807) is 0 Å². The Kier molecular flexibility index (Phi) is 5.58. The second-order valence-corrected chi connectivity index (χ2v) is 4.70.